The molecule has 6 rings (SSSR count). The number of Topliss-reactive ketones (excluding diaryl/α,β-unsaturated/α-hetero) is 2. The molecule has 0 unspecified atom stereocenters. The van der Waals surface area contributed by atoms with Crippen LogP contribution < -0.4 is 9.47 Å². The normalized spacial score (nSPS) is 32.1. The van der Waals surface area contributed by atoms with Crippen molar-refractivity contribution < 1.29 is 34.0 Å². The van der Waals surface area contributed by atoms with Crippen LogP contribution >= 0.6 is 0 Å². The number of aliphatic hydroxyl groups excluding tert-OH is 1. The van der Waals surface area contributed by atoms with Gasteiger partial charge in [0.15, 0.2) is 11.6 Å². The minimum atomic E-state index is -1.60. The van der Waals surface area contributed by atoms with Crippen molar-refractivity contribution in [2.24, 2.45) is 0 Å². The lowest BCUT2D eigenvalue weighted by molar-refractivity contribution is -0.385. The highest BCUT2D eigenvalue weighted by Gasteiger charge is 2.65. The molecule has 0 amide bonds. The summed E-state index contributed by atoms with van der Waals surface area (Å²) in [5, 5.41) is 21.1. The lowest BCUT2D eigenvalue weighted by atomic mass is 9.77. The third-order valence-corrected chi connectivity index (χ3v) is 5.83. The molecule has 0 radical (unpaired) electrons. The Morgan fingerprint density at radius 1 is 1.00 bits per heavy atom. The van der Waals surface area contributed by atoms with E-state index in [2.05, 4.69) is 0 Å². The Balaban J connectivity index is 1.71. The first kappa shape index (κ1) is 15.2. The highest BCUT2D eigenvalue weighted by Crippen LogP contribution is 2.61. The molecule has 0 saturated heterocycles. The van der Waals surface area contributed by atoms with Gasteiger partial charge in [0.25, 0.3) is 5.79 Å². The fourth-order valence-corrected chi connectivity index (χ4v) is 4.71. The number of hydrogen-bond donors (Lipinski definition) is 2. The van der Waals surface area contributed by atoms with Gasteiger partial charge in [-0.15, -0.1) is 0 Å². The second-order valence-corrected chi connectivity index (χ2v) is 7.30. The number of ether oxygens (including phenoxy) is 3. The minimum Gasteiger partial charge on any atom is -0.507 e. The van der Waals surface area contributed by atoms with Gasteiger partial charge in [-0.05, 0) is 18.2 Å². The molecular weight excluding hydrogens is 352 g/mol. The van der Waals surface area contributed by atoms with Gasteiger partial charge in [-0.3, -0.25) is 14.3 Å². The van der Waals surface area contributed by atoms with Gasteiger partial charge in [0.2, 0.25) is 5.79 Å². The Labute approximate surface area is 153 Å². The predicted molar refractivity (Wildman–Crippen MR) is 88.8 cm³/mol. The zero-order valence-electron chi connectivity index (χ0n) is 14.0. The number of rotatable bonds is 0. The van der Waals surface area contributed by atoms with E-state index >= 15 is 0 Å². The molecule has 27 heavy (non-hydrogen) atoms. The van der Waals surface area contributed by atoms with Crippen molar-refractivity contribution in [1.29, 1.82) is 0 Å². The Morgan fingerprint density at radius 3 is 2.67 bits per heavy atom. The summed E-state index contributed by atoms with van der Waals surface area (Å²) in [5.41, 5.74) is 1.22. The molecule has 2 aromatic rings. The maximum absolute atomic E-state index is 12.4. The monoisotopic (exact) mass is 366 g/mol. The molecule has 2 N–H and O–H groups in total. The maximum atomic E-state index is 12.4. The van der Waals surface area contributed by atoms with Crippen molar-refractivity contribution in [3.05, 3.63) is 52.6 Å². The lowest BCUT2D eigenvalue weighted by Gasteiger charge is -2.56. The Hall–Kier alpha value is -2.90. The molecule has 4 aliphatic rings. The van der Waals surface area contributed by atoms with Gasteiger partial charge in [0.05, 0.1) is 16.7 Å². The lowest BCUT2D eigenvalue weighted by Crippen LogP contribution is -2.63. The van der Waals surface area contributed by atoms with E-state index in [4.69, 9.17) is 14.2 Å². The van der Waals surface area contributed by atoms with E-state index in [-0.39, 0.29) is 42.1 Å². The van der Waals surface area contributed by atoms with Gasteiger partial charge >= 0.3 is 0 Å². The largest absolute Gasteiger partial charge is 0.507 e. The van der Waals surface area contributed by atoms with Gasteiger partial charge in [0, 0.05) is 24.8 Å². The second kappa shape index (κ2) is 4.49. The van der Waals surface area contributed by atoms with Crippen LogP contribution in [0.15, 0.2) is 30.3 Å². The first-order valence-electron chi connectivity index (χ1n) is 8.78. The second-order valence-electron chi connectivity index (χ2n) is 7.30. The van der Waals surface area contributed by atoms with Crippen molar-refractivity contribution >= 4 is 11.6 Å². The van der Waals surface area contributed by atoms with Crippen LogP contribution in [0.2, 0.25) is 0 Å². The molecule has 2 aliphatic heterocycles. The summed E-state index contributed by atoms with van der Waals surface area (Å²) >= 11 is 0. The Bertz CT molecular complexity index is 1070. The van der Waals surface area contributed by atoms with E-state index < -0.39 is 17.7 Å². The van der Waals surface area contributed by atoms with Crippen molar-refractivity contribution in [1.82, 2.24) is 0 Å². The number of phenolic OH excluding ortho intramolecular Hbond substituents is 1. The zero-order chi connectivity index (χ0) is 18.6. The minimum absolute atomic E-state index is 0.115. The van der Waals surface area contributed by atoms with Gasteiger partial charge in [0.1, 0.15) is 23.4 Å². The topological polar surface area (TPSA) is 102 Å². The summed E-state index contributed by atoms with van der Waals surface area (Å²) in [4.78, 5) is 24.9. The Morgan fingerprint density at radius 2 is 1.81 bits per heavy atom. The number of carbonyl (C=O) groups is 2. The summed E-state index contributed by atoms with van der Waals surface area (Å²) in [6.45, 7) is 0. The van der Waals surface area contributed by atoms with Gasteiger partial charge in [-0.2, -0.15) is 0 Å². The number of benzene rings is 2. The van der Waals surface area contributed by atoms with Crippen molar-refractivity contribution in [3.8, 4) is 17.2 Å². The average molecular weight is 366 g/mol. The number of phenols is 1. The highest BCUT2D eigenvalue weighted by atomic mass is 16.8. The molecule has 136 valence electrons. The zero-order valence-corrected chi connectivity index (χ0v) is 14.0. The van der Waals surface area contributed by atoms with Crippen LogP contribution in [0, 0.1) is 0 Å². The first-order chi connectivity index (χ1) is 13.0. The number of carbonyl (C=O) groups excluding carboxylic acids is 2. The molecule has 2 aliphatic carbocycles. The van der Waals surface area contributed by atoms with Crippen LogP contribution in [0.25, 0.3) is 0 Å². The molecule has 2 aromatic carbocycles. The van der Waals surface area contributed by atoms with Crippen LogP contribution in [-0.2, 0) is 16.3 Å². The highest BCUT2D eigenvalue weighted by molar-refractivity contribution is 6.03. The van der Waals surface area contributed by atoms with E-state index in [1.165, 1.54) is 12.1 Å². The summed E-state index contributed by atoms with van der Waals surface area (Å²) in [6, 6.07) is 7.97. The van der Waals surface area contributed by atoms with Gasteiger partial charge in [-0.1, -0.05) is 12.1 Å². The van der Waals surface area contributed by atoms with Gasteiger partial charge in [-0.25, -0.2) is 0 Å². The first-order valence-corrected chi connectivity index (χ1v) is 8.78. The Kier molecular flexibility index (Phi) is 2.53. The molecule has 0 saturated carbocycles. The summed E-state index contributed by atoms with van der Waals surface area (Å²) in [5.74, 6) is -2.89. The maximum Gasteiger partial charge on any atom is 0.271 e. The molecule has 3 atom stereocenters. The van der Waals surface area contributed by atoms with Crippen molar-refractivity contribution in [2.45, 2.75) is 36.9 Å². The molecular formula is C20H14O7. The number of hydrogen-bond acceptors (Lipinski definition) is 7. The molecule has 0 aromatic heterocycles. The SMILES string of the molecule is O=C1C[C@@H](O)[C@]23Oc4ccc(O)c5c4[C@](CCC5=O)(Oc4cccc1c42)O3. The quantitative estimate of drug-likeness (QED) is 0.736. The molecule has 7 heteroatoms. The van der Waals surface area contributed by atoms with Crippen LogP contribution in [0.4, 0.5) is 0 Å². The summed E-state index contributed by atoms with van der Waals surface area (Å²) in [6.07, 6.45) is -1.05. The van der Waals surface area contributed by atoms with Crippen LogP contribution in [0.1, 0.15) is 51.1 Å². The van der Waals surface area contributed by atoms with Gasteiger partial charge < -0.3 is 19.7 Å². The van der Waals surface area contributed by atoms with Crippen LogP contribution in [0.3, 0.4) is 0 Å². The number of ketones is 2. The average Bonchev–Trinajstić information content (AvgIpc) is 2.64. The third kappa shape index (κ3) is 1.60. The summed E-state index contributed by atoms with van der Waals surface area (Å²) in [7, 11) is 0. The van der Waals surface area contributed by atoms with E-state index in [1.807, 2.05) is 0 Å². The molecule has 2 bridgehead atoms. The van der Waals surface area contributed by atoms with Crippen LogP contribution in [0.5, 0.6) is 17.2 Å². The standard InChI is InChI=1S/C20H14O7/c21-10-4-5-14-18-16(10)11(22)6-7-19(18)25-13-3-1-2-9-12(23)8-15(24)20(26-14,27-19)17(9)13/h1-5,15,21,24H,6-8H2/t15-,19-,20-/m1/s1. The number of aromatic hydroxyl groups is 1. The van der Waals surface area contributed by atoms with E-state index in [0.717, 1.165) is 0 Å². The van der Waals surface area contributed by atoms with Crippen molar-refractivity contribution in [2.75, 3.05) is 0 Å². The fraction of sp³-hybridized carbons (Fsp3) is 0.300. The van der Waals surface area contributed by atoms with Crippen LogP contribution in [-0.4, -0.2) is 27.9 Å². The smallest absolute Gasteiger partial charge is 0.271 e. The molecule has 2 heterocycles. The van der Waals surface area contributed by atoms with E-state index in [1.54, 1.807) is 18.2 Å². The van der Waals surface area contributed by atoms with E-state index in [0.29, 0.717) is 28.2 Å². The fourth-order valence-electron chi connectivity index (χ4n) is 4.71. The molecule has 7 nitrogen and oxygen atoms in total. The molecule has 2 spiro atoms. The summed E-state index contributed by atoms with van der Waals surface area (Å²) < 4.78 is 18.6. The number of aliphatic hydroxyl groups is 1. The molecule has 0 fully saturated rings. The predicted octanol–water partition coefficient (Wildman–Crippen LogP) is 2.12. The van der Waals surface area contributed by atoms with E-state index in [9.17, 15) is 19.8 Å². The van der Waals surface area contributed by atoms with Crippen molar-refractivity contribution in [3.63, 3.8) is 0 Å². The third-order valence-electron chi connectivity index (χ3n) is 5.83.